The molecule has 1 rings (SSSR count). The topological polar surface area (TPSA) is 78.8 Å². The van der Waals surface area contributed by atoms with Crippen molar-refractivity contribution in [2.24, 2.45) is 10.9 Å². The van der Waals surface area contributed by atoms with E-state index >= 15 is 0 Å². The maximum Gasteiger partial charge on any atom is 0.124 e. The molecule has 4 nitrogen and oxygen atoms in total. The number of benzene rings is 1. The van der Waals surface area contributed by atoms with Crippen LogP contribution in [0.25, 0.3) is 0 Å². The summed E-state index contributed by atoms with van der Waals surface area (Å²) in [7, 11) is 0. The molecule has 0 aliphatic heterocycles. The van der Waals surface area contributed by atoms with Crippen LogP contribution >= 0.6 is 0 Å². The van der Waals surface area contributed by atoms with Gasteiger partial charge >= 0.3 is 0 Å². The van der Waals surface area contributed by atoms with Crippen molar-refractivity contribution in [1.82, 2.24) is 0 Å². The van der Waals surface area contributed by atoms with Gasteiger partial charge in [0.1, 0.15) is 11.5 Å². The van der Waals surface area contributed by atoms with Crippen molar-refractivity contribution < 1.29 is 10.2 Å². The van der Waals surface area contributed by atoms with Crippen molar-refractivity contribution in [1.29, 1.82) is 0 Å². The maximum absolute atomic E-state index is 9.29. The summed E-state index contributed by atoms with van der Waals surface area (Å²) >= 11 is 0. The van der Waals surface area contributed by atoms with E-state index in [0.717, 1.165) is 0 Å². The molecule has 0 saturated carbocycles. The van der Waals surface area contributed by atoms with Crippen molar-refractivity contribution in [3.63, 3.8) is 0 Å². The fraction of sp³-hybridized carbons (Fsp3) is 0.125. The van der Waals surface area contributed by atoms with Crippen LogP contribution in [0.1, 0.15) is 12.5 Å². The molecule has 12 heavy (non-hydrogen) atoms. The van der Waals surface area contributed by atoms with Crippen molar-refractivity contribution in [3.05, 3.63) is 23.8 Å². The van der Waals surface area contributed by atoms with E-state index < -0.39 is 0 Å². The molecule has 0 heterocycles. The molecule has 64 valence electrons. The van der Waals surface area contributed by atoms with Crippen LogP contribution in [-0.4, -0.2) is 15.9 Å². The second-order valence-corrected chi connectivity index (χ2v) is 2.42. The zero-order valence-corrected chi connectivity index (χ0v) is 6.65. The summed E-state index contributed by atoms with van der Waals surface area (Å²) in [6.07, 6.45) is 0. The lowest BCUT2D eigenvalue weighted by molar-refractivity contribution is 0.459. The molecule has 0 radical (unpaired) electrons. The lowest BCUT2D eigenvalue weighted by atomic mass is 10.1. The van der Waals surface area contributed by atoms with Crippen LogP contribution in [0.4, 0.5) is 0 Å². The average molecular weight is 166 g/mol. The first-order valence-corrected chi connectivity index (χ1v) is 3.42. The number of hydrogen-bond acceptors (Lipinski definition) is 4. The third kappa shape index (κ3) is 1.47. The number of phenolic OH excluding ortho intramolecular Hbond substituents is 2. The number of hydrogen-bond donors (Lipinski definition) is 3. The standard InChI is InChI=1S/C8H10N2O2/c1-5(10-9)7-4-6(11)2-3-8(7)12/h2-4,11-12H,9H2,1H3/b10-5+. The first-order chi connectivity index (χ1) is 5.65. The second kappa shape index (κ2) is 3.13. The average Bonchev–Trinajstić information content (AvgIpc) is 2.08. The van der Waals surface area contributed by atoms with Crippen LogP contribution < -0.4 is 5.84 Å². The van der Waals surface area contributed by atoms with Crippen molar-refractivity contribution in [2.75, 3.05) is 0 Å². The van der Waals surface area contributed by atoms with Gasteiger partial charge in [-0.05, 0) is 25.1 Å². The predicted molar refractivity (Wildman–Crippen MR) is 46.2 cm³/mol. The Balaban J connectivity index is 3.23. The van der Waals surface area contributed by atoms with Crippen LogP contribution in [0.3, 0.4) is 0 Å². The first kappa shape index (κ1) is 8.39. The maximum atomic E-state index is 9.29. The number of nitrogens with zero attached hydrogens (tertiary/aromatic N) is 1. The van der Waals surface area contributed by atoms with Gasteiger partial charge in [-0.15, -0.1) is 0 Å². The largest absolute Gasteiger partial charge is 0.508 e. The van der Waals surface area contributed by atoms with Gasteiger partial charge in [0.15, 0.2) is 0 Å². The minimum absolute atomic E-state index is 0.0551. The summed E-state index contributed by atoms with van der Waals surface area (Å²) in [6.45, 7) is 1.65. The summed E-state index contributed by atoms with van der Waals surface area (Å²) in [5, 5.41) is 21.8. The van der Waals surface area contributed by atoms with Crippen molar-refractivity contribution in [2.45, 2.75) is 6.92 Å². The molecule has 0 fully saturated rings. The highest BCUT2D eigenvalue weighted by Crippen LogP contribution is 2.22. The Labute approximate surface area is 70.0 Å². The van der Waals surface area contributed by atoms with E-state index in [1.54, 1.807) is 6.92 Å². The van der Waals surface area contributed by atoms with Gasteiger partial charge in [0.25, 0.3) is 0 Å². The Kier molecular flexibility index (Phi) is 2.19. The minimum Gasteiger partial charge on any atom is -0.508 e. The number of nitrogens with two attached hydrogens (primary N) is 1. The van der Waals surface area contributed by atoms with E-state index in [0.29, 0.717) is 11.3 Å². The number of phenols is 2. The van der Waals surface area contributed by atoms with Crippen LogP contribution in [0.5, 0.6) is 11.5 Å². The first-order valence-electron chi connectivity index (χ1n) is 3.42. The van der Waals surface area contributed by atoms with E-state index in [4.69, 9.17) is 10.9 Å². The van der Waals surface area contributed by atoms with E-state index in [1.165, 1.54) is 18.2 Å². The van der Waals surface area contributed by atoms with E-state index in [9.17, 15) is 5.11 Å². The van der Waals surface area contributed by atoms with Crippen molar-refractivity contribution in [3.8, 4) is 11.5 Å². The van der Waals surface area contributed by atoms with Crippen LogP contribution in [0.2, 0.25) is 0 Å². The third-order valence-electron chi connectivity index (χ3n) is 1.56. The normalized spacial score (nSPS) is 11.6. The van der Waals surface area contributed by atoms with Crippen LogP contribution in [0, 0.1) is 0 Å². The van der Waals surface area contributed by atoms with Gasteiger partial charge in [0, 0.05) is 5.56 Å². The zero-order valence-electron chi connectivity index (χ0n) is 6.65. The molecule has 0 bridgehead atoms. The molecule has 0 saturated heterocycles. The van der Waals surface area contributed by atoms with Gasteiger partial charge in [0.2, 0.25) is 0 Å². The SMILES string of the molecule is C/C(=N\N)c1cc(O)ccc1O. The van der Waals surface area contributed by atoms with E-state index in [2.05, 4.69) is 5.10 Å². The number of hydrazone groups is 1. The number of rotatable bonds is 1. The zero-order chi connectivity index (χ0) is 9.14. The summed E-state index contributed by atoms with van der Waals surface area (Å²) < 4.78 is 0. The third-order valence-corrected chi connectivity index (χ3v) is 1.56. The summed E-state index contributed by atoms with van der Waals surface area (Å²) in [5.41, 5.74) is 0.918. The molecule has 0 unspecified atom stereocenters. The summed E-state index contributed by atoms with van der Waals surface area (Å²) in [5.74, 6) is 5.15. The molecule has 4 N–H and O–H groups in total. The van der Waals surface area contributed by atoms with E-state index in [-0.39, 0.29) is 11.5 Å². The minimum atomic E-state index is 0.0551. The predicted octanol–water partition coefficient (Wildman–Crippen LogP) is 0.780. The molecule has 0 aliphatic rings. The highest BCUT2D eigenvalue weighted by Gasteiger charge is 2.04. The van der Waals surface area contributed by atoms with Gasteiger partial charge in [-0.1, -0.05) is 0 Å². The molecule has 0 aromatic heterocycles. The Morgan fingerprint density at radius 2 is 2.08 bits per heavy atom. The van der Waals surface area contributed by atoms with Crippen LogP contribution in [-0.2, 0) is 0 Å². The quantitative estimate of drug-likeness (QED) is 0.249. The molecule has 1 aromatic carbocycles. The van der Waals surface area contributed by atoms with Crippen molar-refractivity contribution >= 4 is 5.71 Å². The smallest absolute Gasteiger partial charge is 0.124 e. The highest BCUT2D eigenvalue weighted by atomic mass is 16.3. The number of aromatic hydroxyl groups is 2. The van der Waals surface area contributed by atoms with Gasteiger partial charge in [-0.25, -0.2) is 0 Å². The molecular formula is C8H10N2O2. The monoisotopic (exact) mass is 166 g/mol. The van der Waals surface area contributed by atoms with Gasteiger partial charge in [-0.3, -0.25) is 0 Å². The molecule has 4 heteroatoms. The Bertz CT molecular complexity index is 321. The highest BCUT2D eigenvalue weighted by molar-refractivity contribution is 6.01. The Morgan fingerprint density at radius 1 is 1.42 bits per heavy atom. The molecule has 1 aromatic rings. The molecule has 0 spiro atoms. The fourth-order valence-electron chi connectivity index (χ4n) is 0.883. The van der Waals surface area contributed by atoms with Crippen LogP contribution in [0.15, 0.2) is 23.3 Å². The fourth-order valence-corrected chi connectivity index (χ4v) is 0.883. The lowest BCUT2D eigenvalue weighted by Crippen LogP contribution is -1.98. The molecule has 0 aliphatic carbocycles. The molecular weight excluding hydrogens is 156 g/mol. The molecule has 0 atom stereocenters. The van der Waals surface area contributed by atoms with Gasteiger partial charge in [0.05, 0.1) is 5.71 Å². The van der Waals surface area contributed by atoms with Gasteiger partial charge < -0.3 is 16.1 Å². The Hall–Kier alpha value is -1.71. The summed E-state index contributed by atoms with van der Waals surface area (Å²) in [6, 6.07) is 4.18. The van der Waals surface area contributed by atoms with Gasteiger partial charge in [-0.2, -0.15) is 5.10 Å². The summed E-state index contributed by atoms with van der Waals surface area (Å²) in [4.78, 5) is 0. The van der Waals surface area contributed by atoms with E-state index in [1.807, 2.05) is 0 Å². The Morgan fingerprint density at radius 3 is 2.67 bits per heavy atom. The lowest BCUT2D eigenvalue weighted by Gasteiger charge is -2.02. The molecule has 0 amide bonds. The second-order valence-electron chi connectivity index (χ2n) is 2.42.